The minimum atomic E-state index is -0.782. The number of likely N-dealkylation sites (N-methyl/N-ethyl adjacent to an activating group) is 1. The summed E-state index contributed by atoms with van der Waals surface area (Å²) in [6, 6.07) is -0.380. The van der Waals surface area contributed by atoms with E-state index in [4.69, 9.17) is 5.11 Å². The minimum absolute atomic E-state index is 0. The van der Waals surface area contributed by atoms with Crippen LogP contribution in [0, 0.1) is 0 Å². The monoisotopic (exact) mass is 195 g/mol. The van der Waals surface area contributed by atoms with Gasteiger partial charge in [0.25, 0.3) is 0 Å². The van der Waals surface area contributed by atoms with Crippen molar-refractivity contribution < 1.29 is 9.90 Å². The van der Waals surface area contributed by atoms with Crippen LogP contribution in [0.1, 0.15) is 6.92 Å². The van der Waals surface area contributed by atoms with Crippen LogP contribution >= 0.6 is 0 Å². The van der Waals surface area contributed by atoms with E-state index < -0.39 is 5.97 Å². The summed E-state index contributed by atoms with van der Waals surface area (Å²) in [5, 5.41) is 8.31. The second kappa shape index (κ2) is 4.83. The number of hydrogen-bond acceptors (Lipinski definition) is 2. The molecule has 0 amide bonds. The van der Waals surface area contributed by atoms with E-state index in [9.17, 15) is 4.79 Å². The predicted octanol–water partition coefficient (Wildman–Crippen LogP) is -1.16. The molecule has 0 aromatic carbocycles. The topological polar surface area (TPSA) is 40.5 Å². The maximum atomic E-state index is 10.1. The molecule has 4 heteroatoms. The van der Waals surface area contributed by atoms with Crippen LogP contribution in [0.25, 0.3) is 0 Å². The van der Waals surface area contributed by atoms with Crippen molar-refractivity contribution in [3.05, 3.63) is 0 Å². The molecule has 2 unspecified atom stereocenters. The average molecular weight is 195 g/mol. The molecule has 0 fully saturated rings. The zero-order valence-corrected chi connectivity index (χ0v) is 9.05. The van der Waals surface area contributed by atoms with Crippen molar-refractivity contribution in [2.75, 3.05) is 14.1 Å². The number of carboxylic acids is 1. The first-order valence-electron chi connectivity index (χ1n) is 2.45. The molecule has 0 heterocycles. The first-order chi connectivity index (χ1) is 3.55. The molecule has 0 aliphatic heterocycles. The molecule has 0 rings (SSSR count). The van der Waals surface area contributed by atoms with Gasteiger partial charge in [0, 0.05) is 0 Å². The second-order valence-electron chi connectivity index (χ2n) is 1.98. The van der Waals surface area contributed by atoms with E-state index in [1.807, 2.05) is 0 Å². The van der Waals surface area contributed by atoms with E-state index >= 15 is 0 Å². The molecule has 1 N–H and O–H groups in total. The summed E-state index contributed by atoms with van der Waals surface area (Å²) in [5.74, 6) is -0.782. The molecule has 0 aromatic rings. The Bertz CT molecular complexity index is 95.0. The Morgan fingerprint density at radius 2 is 1.89 bits per heavy atom. The van der Waals surface area contributed by atoms with Crippen molar-refractivity contribution in [3.63, 3.8) is 0 Å². The molecular formula is C5H14AsNO2. The summed E-state index contributed by atoms with van der Waals surface area (Å²) in [4.78, 5) is 11.7. The molecule has 0 aliphatic rings. The van der Waals surface area contributed by atoms with E-state index in [1.54, 1.807) is 25.9 Å². The summed E-state index contributed by atoms with van der Waals surface area (Å²) in [6.45, 7) is 1.64. The first-order valence-corrected chi connectivity index (χ1v) is 2.45. The van der Waals surface area contributed by atoms with Crippen LogP contribution in [0.15, 0.2) is 0 Å². The van der Waals surface area contributed by atoms with Crippen LogP contribution in [0.2, 0.25) is 0 Å². The molecule has 3 nitrogen and oxygen atoms in total. The van der Waals surface area contributed by atoms with Gasteiger partial charge in [-0.05, 0) is 21.0 Å². The van der Waals surface area contributed by atoms with E-state index in [1.165, 1.54) is 0 Å². The van der Waals surface area contributed by atoms with Crippen molar-refractivity contribution in [1.82, 2.24) is 4.90 Å². The summed E-state index contributed by atoms with van der Waals surface area (Å²) in [6.07, 6.45) is 0. The standard InChI is InChI=1S/C5H11NO2.AsH3/c1-4(5(7)8)6(2)3;/h4H,1-3H3,(H,7,8);1H3. The first kappa shape index (κ1) is 11.7. The fourth-order valence-corrected chi connectivity index (χ4v) is 0.221. The van der Waals surface area contributed by atoms with Gasteiger partial charge in [-0.15, -0.1) is 0 Å². The Morgan fingerprint density at radius 3 is 1.89 bits per heavy atom. The summed E-state index contributed by atoms with van der Waals surface area (Å²) in [5.41, 5.74) is 0. The van der Waals surface area contributed by atoms with Gasteiger partial charge in [-0.25, -0.2) is 0 Å². The van der Waals surface area contributed by atoms with Gasteiger partial charge < -0.3 is 5.11 Å². The molecule has 56 valence electrons. The van der Waals surface area contributed by atoms with E-state index in [2.05, 4.69) is 0 Å². The van der Waals surface area contributed by atoms with Crippen LogP contribution < -0.4 is 0 Å². The second-order valence-corrected chi connectivity index (χ2v) is 1.98. The third-order valence-electron chi connectivity index (χ3n) is 1.13. The third-order valence-corrected chi connectivity index (χ3v) is 1.13. The SMILES string of the molecule is CC(C(=O)O)N(C)C.[AsH3]. The molecule has 0 bridgehead atoms. The number of hydrogen-bond donors (Lipinski definition) is 1. The van der Waals surface area contributed by atoms with Crippen LogP contribution in [-0.4, -0.2) is 54.1 Å². The Kier molecular flexibility index (Phi) is 6.30. The number of aliphatic carboxylic acids is 1. The fraction of sp³-hybridized carbons (Fsp3) is 0.800. The molecule has 0 saturated heterocycles. The van der Waals surface area contributed by atoms with Gasteiger partial charge in [-0.1, -0.05) is 0 Å². The molecule has 0 spiro atoms. The van der Waals surface area contributed by atoms with Gasteiger partial charge in [-0.2, -0.15) is 0 Å². The Balaban J connectivity index is 0. The van der Waals surface area contributed by atoms with Crippen LogP contribution in [0.4, 0.5) is 0 Å². The number of carbonyl (C=O) groups is 1. The third kappa shape index (κ3) is 4.49. The molecule has 0 saturated carbocycles. The summed E-state index contributed by atoms with van der Waals surface area (Å²) < 4.78 is 0. The van der Waals surface area contributed by atoms with E-state index in [-0.39, 0.29) is 24.0 Å². The Labute approximate surface area is 66.4 Å². The zero-order chi connectivity index (χ0) is 6.73. The van der Waals surface area contributed by atoms with E-state index in [0.29, 0.717) is 0 Å². The molecular weight excluding hydrogens is 181 g/mol. The van der Waals surface area contributed by atoms with Crippen LogP contribution in [0.3, 0.4) is 0 Å². The van der Waals surface area contributed by atoms with E-state index in [0.717, 1.165) is 0 Å². The van der Waals surface area contributed by atoms with Crippen LogP contribution in [0.5, 0.6) is 0 Å². The van der Waals surface area contributed by atoms with Gasteiger partial charge in [0.1, 0.15) is 6.04 Å². The maximum absolute atomic E-state index is 10.1. The normalized spacial score (nSPS) is 12.4. The van der Waals surface area contributed by atoms with Crippen molar-refractivity contribution in [2.24, 2.45) is 0 Å². The Morgan fingerprint density at radius 1 is 1.56 bits per heavy atom. The number of rotatable bonds is 2. The molecule has 0 aromatic heterocycles. The van der Waals surface area contributed by atoms with Gasteiger partial charge in [0.15, 0.2) is 0 Å². The van der Waals surface area contributed by atoms with Crippen molar-refractivity contribution in [1.29, 1.82) is 0 Å². The Hall–Kier alpha value is -0.0116. The molecule has 9 heavy (non-hydrogen) atoms. The van der Waals surface area contributed by atoms with Gasteiger partial charge >= 0.3 is 23.9 Å². The van der Waals surface area contributed by atoms with Gasteiger partial charge in [-0.3, -0.25) is 9.69 Å². The number of carboxylic acid groups (broad SMARTS) is 1. The quantitative estimate of drug-likeness (QED) is 0.565. The van der Waals surface area contributed by atoms with Gasteiger partial charge in [0.2, 0.25) is 0 Å². The number of nitrogens with zero attached hydrogens (tertiary/aromatic N) is 1. The summed E-state index contributed by atoms with van der Waals surface area (Å²) >= 11 is 0. The average Bonchev–Trinajstić information content (AvgIpc) is 1.64. The predicted molar refractivity (Wildman–Crippen MR) is 40.7 cm³/mol. The fourth-order valence-electron chi connectivity index (χ4n) is 0.221. The molecule has 2 atom stereocenters. The van der Waals surface area contributed by atoms with Crippen molar-refractivity contribution in [2.45, 2.75) is 13.0 Å². The van der Waals surface area contributed by atoms with Crippen molar-refractivity contribution >= 4 is 23.9 Å². The van der Waals surface area contributed by atoms with Crippen LogP contribution in [-0.2, 0) is 4.79 Å². The molecule has 0 radical (unpaired) electrons. The summed E-state index contributed by atoms with van der Waals surface area (Å²) in [7, 11) is 3.47. The van der Waals surface area contributed by atoms with Gasteiger partial charge in [0.05, 0.1) is 0 Å². The zero-order valence-electron chi connectivity index (χ0n) is 6.09. The van der Waals surface area contributed by atoms with Crippen molar-refractivity contribution in [3.8, 4) is 0 Å². The molecule has 0 aliphatic carbocycles.